The Hall–Kier alpha value is -0.540. The monoisotopic (exact) mass is 177 g/mol. The minimum absolute atomic E-state index is 0.122. The topological polar surface area (TPSA) is 51.8 Å². The molecule has 1 heterocycles. The number of hydrogen-bond donors (Lipinski definition) is 1. The van der Waals surface area contributed by atoms with Gasteiger partial charge in [0.15, 0.2) is 5.15 Å². The van der Waals surface area contributed by atoms with Crippen molar-refractivity contribution in [3.8, 4) is 0 Å². The lowest BCUT2D eigenvalue weighted by Gasteiger charge is -1.99. The van der Waals surface area contributed by atoms with Crippen LogP contribution in [0.1, 0.15) is 5.69 Å². The third kappa shape index (κ3) is 1.30. The predicted molar refractivity (Wildman–Crippen MR) is 41.2 cm³/mol. The third-order valence-electron chi connectivity index (χ3n) is 1.06. The third-order valence-corrected chi connectivity index (χ3v) is 1.52. The molecule has 10 heavy (non-hydrogen) atoms. The lowest BCUT2D eigenvalue weighted by Crippen LogP contribution is -1.96. The average Bonchev–Trinajstić information content (AvgIpc) is 1.82. The van der Waals surface area contributed by atoms with Crippen molar-refractivity contribution in [2.75, 3.05) is 5.73 Å². The Kier molecular flexibility index (Phi) is 1.97. The second kappa shape index (κ2) is 2.60. The summed E-state index contributed by atoms with van der Waals surface area (Å²) in [6.45, 7) is 1.72. The molecule has 1 aromatic rings. The molecule has 1 rings (SSSR count). The van der Waals surface area contributed by atoms with Crippen molar-refractivity contribution < 1.29 is 0 Å². The first-order chi connectivity index (χ1) is 4.61. The molecule has 0 saturated carbocycles. The Morgan fingerprint density at radius 2 is 1.90 bits per heavy atom. The van der Waals surface area contributed by atoms with Gasteiger partial charge < -0.3 is 5.73 Å². The van der Waals surface area contributed by atoms with E-state index < -0.39 is 0 Å². The maximum Gasteiger partial charge on any atom is 0.224 e. The predicted octanol–water partition coefficient (Wildman–Crippen LogP) is 1.67. The quantitative estimate of drug-likeness (QED) is 0.485. The van der Waals surface area contributed by atoms with Crippen molar-refractivity contribution in [3.63, 3.8) is 0 Å². The standard InChI is InChI=1S/C5H5Cl2N3/c1-2-3(8)4(6)10-5(7)9-2/h8H2,1H3. The summed E-state index contributed by atoms with van der Waals surface area (Å²) >= 11 is 11.0. The van der Waals surface area contributed by atoms with E-state index in [0.29, 0.717) is 11.4 Å². The van der Waals surface area contributed by atoms with Crippen LogP contribution in [0.15, 0.2) is 0 Å². The second-order valence-corrected chi connectivity index (χ2v) is 2.48. The molecule has 0 amide bonds. The number of nitrogens with zero attached hydrogens (tertiary/aromatic N) is 2. The zero-order valence-electron chi connectivity index (χ0n) is 5.23. The lowest BCUT2D eigenvalue weighted by molar-refractivity contribution is 1.11. The molecule has 3 nitrogen and oxygen atoms in total. The average molecular weight is 178 g/mol. The number of hydrogen-bond acceptors (Lipinski definition) is 3. The molecule has 0 atom stereocenters. The van der Waals surface area contributed by atoms with E-state index in [2.05, 4.69) is 9.97 Å². The molecule has 0 bridgehead atoms. The highest BCUT2D eigenvalue weighted by Gasteiger charge is 2.03. The molecule has 54 valence electrons. The molecular weight excluding hydrogens is 173 g/mol. The highest BCUT2D eigenvalue weighted by atomic mass is 35.5. The van der Waals surface area contributed by atoms with Crippen LogP contribution in [0.3, 0.4) is 0 Å². The van der Waals surface area contributed by atoms with Crippen LogP contribution in [0.4, 0.5) is 5.69 Å². The Morgan fingerprint density at radius 1 is 1.30 bits per heavy atom. The largest absolute Gasteiger partial charge is 0.395 e. The maximum absolute atomic E-state index is 5.56. The normalized spacial score (nSPS) is 9.90. The number of aryl methyl sites for hydroxylation is 1. The fourth-order valence-corrected chi connectivity index (χ4v) is 0.985. The van der Waals surface area contributed by atoms with Gasteiger partial charge in [-0.15, -0.1) is 0 Å². The molecule has 0 spiro atoms. The zero-order valence-corrected chi connectivity index (χ0v) is 6.74. The van der Waals surface area contributed by atoms with E-state index >= 15 is 0 Å². The summed E-state index contributed by atoms with van der Waals surface area (Å²) in [5.74, 6) is 0. The van der Waals surface area contributed by atoms with Gasteiger partial charge in [-0.3, -0.25) is 0 Å². The summed E-state index contributed by atoms with van der Waals surface area (Å²) in [6, 6.07) is 0. The van der Waals surface area contributed by atoms with Gasteiger partial charge in [-0.2, -0.15) is 0 Å². The molecule has 0 aliphatic rings. The van der Waals surface area contributed by atoms with Gasteiger partial charge in [0, 0.05) is 0 Å². The summed E-state index contributed by atoms with van der Waals surface area (Å²) in [5.41, 5.74) is 6.42. The highest BCUT2D eigenvalue weighted by Crippen LogP contribution is 2.19. The highest BCUT2D eigenvalue weighted by molar-refractivity contribution is 6.33. The molecule has 0 fully saturated rings. The van der Waals surface area contributed by atoms with Crippen LogP contribution >= 0.6 is 23.2 Å². The van der Waals surface area contributed by atoms with Crippen LogP contribution in [-0.2, 0) is 0 Å². The number of anilines is 1. The lowest BCUT2D eigenvalue weighted by atomic mass is 10.4. The van der Waals surface area contributed by atoms with Gasteiger partial charge >= 0.3 is 0 Å². The SMILES string of the molecule is Cc1nc(Cl)nc(Cl)c1N. The number of halogens is 2. The van der Waals surface area contributed by atoms with Crippen molar-refractivity contribution >= 4 is 28.9 Å². The molecule has 0 saturated heterocycles. The Morgan fingerprint density at radius 3 is 2.40 bits per heavy atom. The van der Waals surface area contributed by atoms with Gasteiger partial charge in [0.05, 0.1) is 11.4 Å². The van der Waals surface area contributed by atoms with E-state index in [4.69, 9.17) is 28.9 Å². The first-order valence-electron chi connectivity index (χ1n) is 2.56. The zero-order chi connectivity index (χ0) is 7.72. The summed E-state index contributed by atoms with van der Waals surface area (Å²) < 4.78 is 0. The molecule has 2 N–H and O–H groups in total. The first-order valence-corrected chi connectivity index (χ1v) is 3.32. The summed E-state index contributed by atoms with van der Waals surface area (Å²) in [7, 11) is 0. The number of nitrogens with two attached hydrogens (primary N) is 1. The van der Waals surface area contributed by atoms with Gasteiger partial charge in [-0.05, 0) is 18.5 Å². The van der Waals surface area contributed by atoms with E-state index in [-0.39, 0.29) is 10.4 Å². The van der Waals surface area contributed by atoms with E-state index in [1.165, 1.54) is 0 Å². The molecule has 0 radical (unpaired) electrons. The summed E-state index contributed by atoms with van der Waals surface area (Å²) in [4.78, 5) is 7.41. The number of rotatable bonds is 0. The van der Waals surface area contributed by atoms with E-state index in [9.17, 15) is 0 Å². The smallest absolute Gasteiger partial charge is 0.224 e. The molecule has 1 aromatic heterocycles. The second-order valence-electron chi connectivity index (χ2n) is 1.78. The van der Waals surface area contributed by atoms with Crippen LogP contribution in [-0.4, -0.2) is 9.97 Å². The van der Waals surface area contributed by atoms with E-state index in [1.54, 1.807) is 6.92 Å². The summed E-state index contributed by atoms with van der Waals surface area (Å²) in [6.07, 6.45) is 0. The minimum atomic E-state index is 0.122. The van der Waals surface area contributed by atoms with Gasteiger partial charge in [0.25, 0.3) is 0 Å². The maximum atomic E-state index is 5.56. The van der Waals surface area contributed by atoms with Gasteiger partial charge in [-0.25, -0.2) is 9.97 Å². The number of nitrogen functional groups attached to an aromatic ring is 1. The van der Waals surface area contributed by atoms with E-state index in [1.807, 2.05) is 0 Å². The van der Waals surface area contributed by atoms with E-state index in [0.717, 1.165) is 0 Å². The summed E-state index contributed by atoms with van der Waals surface area (Å²) in [5, 5.41) is 0.328. The van der Waals surface area contributed by atoms with Crippen LogP contribution in [0.25, 0.3) is 0 Å². The Labute approximate surface area is 68.2 Å². The van der Waals surface area contributed by atoms with Crippen LogP contribution in [0, 0.1) is 6.92 Å². The molecule has 0 aromatic carbocycles. The van der Waals surface area contributed by atoms with Crippen molar-refractivity contribution in [2.45, 2.75) is 6.92 Å². The number of aromatic nitrogens is 2. The molecule has 0 unspecified atom stereocenters. The Balaban J connectivity index is 3.31. The van der Waals surface area contributed by atoms with Crippen molar-refractivity contribution in [1.82, 2.24) is 9.97 Å². The minimum Gasteiger partial charge on any atom is -0.395 e. The van der Waals surface area contributed by atoms with Crippen molar-refractivity contribution in [3.05, 3.63) is 16.1 Å². The van der Waals surface area contributed by atoms with Gasteiger partial charge in [-0.1, -0.05) is 11.6 Å². The molecule has 5 heteroatoms. The fourth-order valence-electron chi connectivity index (χ4n) is 0.514. The Bertz CT molecular complexity index is 238. The molecular formula is C5H5Cl2N3. The fraction of sp³-hybridized carbons (Fsp3) is 0.200. The van der Waals surface area contributed by atoms with Crippen LogP contribution in [0.2, 0.25) is 10.4 Å². The molecule has 0 aliphatic carbocycles. The van der Waals surface area contributed by atoms with Crippen molar-refractivity contribution in [1.29, 1.82) is 0 Å². The van der Waals surface area contributed by atoms with Gasteiger partial charge in [0.2, 0.25) is 5.28 Å². The van der Waals surface area contributed by atoms with Crippen LogP contribution < -0.4 is 5.73 Å². The van der Waals surface area contributed by atoms with Gasteiger partial charge in [0.1, 0.15) is 0 Å². The first kappa shape index (κ1) is 7.57. The van der Waals surface area contributed by atoms with Crippen molar-refractivity contribution in [2.24, 2.45) is 0 Å². The van der Waals surface area contributed by atoms with Crippen LogP contribution in [0.5, 0.6) is 0 Å². The molecule has 0 aliphatic heterocycles.